The van der Waals surface area contributed by atoms with E-state index < -0.39 is 5.97 Å². The smallest absolute Gasteiger partial charge is 0.342 e. The quantitative estimate of drug-likeness (QED) is 0.415. The summed E-state index contributed by atoms with van der Waals surface area (Å²) < 4.78 is 11.4. The lowest BCUT2D eigenvalue weighted by atomic mass is 9.94. The van der Waals surface area contributed by atoms with Crippen LogP contribution in [0.4, 0.5) is 0 Å². The lowest BCUT2D eigenvalue weighted by Crippen LogP contribution is -2.06. The van der Waals surface area contributed by atoms with Crippen molar-refractivity contribution in [3.8, 4) is 22.6 Å². The van der Waals surface area contributed by atoms with Gasteiger partial charge < -0.3 is 9.47 Å². The van der Waals surface area contributed by atoms with Gasteiger partial charge in [-0.1, -0.05) is 42.5 Å². The molecule has 6 heteroatoms. The maximum absolute atomic E-state index is 12.9. The average Bonchev–Trinajstić information content (AvgIpc) is 3.28. The Hall–Kier alpha value is -4.19. The number of aromatic nitrogens is 3. The van der Waals surface area contributed by atoms with Crippen molar-refractivity contribution in [1.29, 1.82) is 0 Å². The number of nitrogens with one attached hydrogen (secondary N) is 1. The molecule has 0 saturated heterocycles. The minimum Gasteiger partial charge on any atom is -0.465 e. The number of ether oxygens (including phenoxy) is 2. The fourth-order valence-electron chi connectivity index (χ4n) is 3.63. The largest absolute Gasteiger partial charge is 0.465 e. The summed E-state index contributed by atoms with van der Waals surface area (Å²) in [5.41, 5.74) is 2.65. The van der Waals surface area contributed by atoms with Crippen molar-refractivity contribution in [2.45, 2.75) is 0 Å². The Morgan fingerprint density at radius 3 is 2.57 bits per heavy atom. The molecule has 0 saturated carbocycles. The van der Waals surface area contributed by atoms with Gasteiger partial charge in [-0.15, -0.1) is 0 Å². The van der Waals surface area contributed by atoms with Gasteiger partial charge in [0.05, 0.1) is 13.3 Å². The number of benzene rings is 3. The lowest BCUT2D eigenvalue weighted by Gasteiger charge is -2.18. The van der Waals surface area contributed by atoms with E-state index in [4.69, 9.17) is 9.47 Å². The molecule has 30 heavy (non-hydrogen) atoms. The zero-order chi connectivity index (χ0) is 20.5. The molecule has 2 heterocycles. The summed E-state index contributed by atoms with van der Waals surface area (Å²) in [4.78, 5) is 17.2. The van der Waals surface area contributed by atoms with E-state index in [0.29, 0.717) is 22.7 Å². The molecule has 0 fully saturated rings. The van der Waals surface area contributed by atoms with Crippen molar-refractivity contribution in [2.75, 3.05) is 7.11 Å². The molecule has 1 N–H and O–H groups in total. The first-order chi connectivity index (χ1) is 14.8. The van der Waals surface area contributed by atoms with Crippen LogP contribution in [0.3, 0.4) is 0 Å². The van der Waals surface area contributed by atoms with Crippen molar-refractivity contribution in [1.82, 2.24) is 15.2 Å². The SMILES string of the molecule is COC(=O)c1c(Oc2ccccc2)c(-c2ccnc3[nH]ncc23)cc2ccccc12. The maximum atomic E-state index is 12.9. The van der Waals surface area contributed by atoms with Crippen LogP contribution in [0.2, 0.25) is 0 Å². The van der Waals surface area contributed by atoms with E-state index in [1.54, 1.807) is 12.4 Å². The van der Waals surface area contributed by atoms with Crippen molar-refractivity contribution in [3.05, 3.63) is 84.7 Å². The number of aromatic amines is 1. The number of fused-ring (bicyclic) bond motifs is 2. The van der Waals surface area contributed by atoms with Gasteiger partial charge in [-0.25, -0.2) is 9.78 Å². The summed E-state index contributed by atoms with van der Waals surface area (Å²) in [5, 5.41) is 9.51. The second kappa shape index (κ2) is 7.33. The highest BCUT2D eigenvalue weighted by Crippen LogP contribution is 2.43. The van der Waals surface area contributed by atoms with Crippen molar-refractivity contribution < 1.29 is 14.3 Å². The van der Waals surface area contributed by atoms with Crippen molar-refractivity contribution in [2.24, 2.45) is 0 Å². The molecule has 0 unspecified atom stereocenters. The number of carbonyl (C=O) groups is 1. The molecule has 0 radical (unpaired) electrons. The summed E-state index contributed by atoms with van der Waals surface area (Å²) in [7, 11) is 1.37. The van der Waals surface area contributed by atoms with E-state index in [1.807, 2.05) is 66.7 Å². The molecule has 0 aliphatic rings. The minimum absolute atomic E-state index is 0.378. The number of hydrogen-bond donors (Lipinski definition) is 1. The van der Waals surface area contributed by atoms with Gasteiger partial charge in [-0.2, -0.15) is 5.10 Å². The van der Waals surface area contributed by atoms with Gasteiger partial charge in [0.1, 0.15) is 17.1 Å². The van der Waals surface area contributed by atoms with Gasteiger partial charge in [0.2, 0.25) is 0 Å². The van der Waals surface area contributed by atoms with Crippen LogP contribution >= 0.6 is 0 Å². The molecular formula is C24H17N3O3. The Morgan fingerprint density at radius 1 is 0.933 bits per heavy atom. The molecule has 3 aromatic carbocycles. The van der Waals surface area contributed by atoms with Crippen LogP contribution in [-0.4, -0.2) is 28.3 Å². The number of hydrogen-bond acceptors (Lipinski definition) is 5. The molecule has 0 amide bonds. The average molecular weight is 395 g/mol. The third-order valence-corrected chi connectivity index (χ3v) is 5.00. The number of rotatable bonds is 4. The highest BCUT2D eigenvalue weighted by Gasteiger charge is 2.24. The van der Waals surface area contributed by atoms with Gasteiger partial charge in [0.15, 0.2) is 5.65 Å². The Bertz CT molecular complexity index is 1380. The van der Waals surface area contributed by atoms with Gasteiger partial charge >= 0.3 is 5.97 Å². The van der Waals surface area contributed by atoms with Gasteiger partial charge in [0.25, 0.3) is 0 Å². The van der Waals surface area contributed by atoms with Crippen molar-refractivity contribution >= 4 is 27.8 Å². The summed E-state index contributed by atoms with van der Waals surface area (Å²) in [6.45, 7) is 0. The van der Waals surface area contributed by atoms with Crippen LogP contribution in [0, 0.1) is 0 Å². The standard InChI is InChI=1S/C24H17N3O3/c1-29-24(28)21-17-10-6-5-7-15(17)13-19(22(21)30-16-8-3-2-4-9-16)18-11-12-25-23-20(18)14-26-27-23/h2-14H,1H3,(H,25,26,27). The van der Waals surface area contributed by atoms with Crippen LogP contribution in [0.25, 0.3) is 32.9 Å². The molecule has 2 aromatic heterocycles. The molecule has 6 nitrogen and oxygen atoms in total. The second-order valence-corrected chi connectivity index (χ2v) is 6.75. The first kappa shape index (κ1) is 17.9. The Balaban J connectivity index is 1.88. The van der Waals surface area contributed by atoms with Crippen LogP contribution < -0.4 is 4.74 Å². The topological polar surface area (TPSA) is 77.1 Å². The highest BCUT2D eigenvalue weighted by molar-refractivity contribution is 6.11. The van der Waals surface area contributed by atoms with Crippen LogP contribution in [0.5, 0.6) is 11.5 Å². The zero-order valence-corrected chi connectivity index (χ0v) is 16.1. The third-order valence-electron chi connectivity index (χ3n) is 5.00. The molecule has 146 valence electrons. The molecule has 5 aromatic rings. The number of nitrogens with zero attached hydrogens (tertiary/aromatic N) is 2. The fourth-order valence-corrected chi connectivity index (χ4v) is 3.63. The van der Waals surface area contributed by atoms with Gasteiger partial charge in [-0.3, -0.25) is 5.10 Å². The second-order valence-electron chi connectivity index (χ2n) is 6.75. The van der Waals surface area contributed by atoms with Crippen molar-refractivity contribution in [3.63, 3.8) is 0 Å². The summed E-state index contributed by atoms with van der Waals surface area (Å²) in [6.07, 6.45) is 3.42. The van der Waals surface area contributed by atoms with E-state index in [9.17, 15) is 4.79 Å². The fraction of sp³-hybridized carbons (Fsp3) is 0.0417. The number of para-hydroxylation sites is 1. The van der Waals surface area contributed by atoms with E-state index >= 15 is 0 Å². The van der Waals surface area contributed by atoms with Crippen LogP contribution in [-0.2, 0) is 4.74 Å². The molecule has 0 aliphatic carbocycles. The Labute approximate surface area is 172 Å². The number of pyridine rings is 1. The minimum atomic E-state index is -0.462. The molecule has 5 rings (SSSR count). The lowest BCUT2D eigenvalue weighted by molar-refractivity contribution is 0.0600. The van der Waals surface area contributed by atoms with E-state index in [1.165, 1.54) is 7.11 Å². The van der Waals surface area contributed by atoms with Gasteiger partial charge in [-0.05, 0) is 35.2 Å². The molecule has 0 atom stereocenters. The monoisotopic (exact) mass is 395 g/mol. The summed E-state index contributed by atoms with van der Waals surface area (Å²) in [5.74, 6) is 0.591. The number of carbonyl (C=O) groups excluding carboxylic acids is 1. The van der Waals surface area contributed by atoms with E-state index in [2.05, 4.69) is 15.2 Å². The van der Waals surface area contributed by atoms with E-state index in [-0.39, 0.29) is 0 Å². The molecule has 0 bridgehead atoms. The normalized spacial score (nSPS) is 11.0. The number of esters is 1. The zero-order valence-electron chi connectivity index (χ0n) is 16.1. The first-order valence-corrected chi connectivity index (χ1v) is 9.41. The maximum Gasteiger partial charge on any atom is 0.342 e. The number of H-pyrrole nitrogens is 1. The number of methoxy groups -OCH3 is 1. The highest BCUT2D eigenvalue weighted by atomic mass is 16.5. The van der Waals surface area contributed by atoms with E-state index in [0.717, 1.165) is 27.3 Å². The molecule has 0 aliphatic heterocycles. The predicted molar refractivity (Wildman–Crippen MR) is 115 cm³/mol. The third kappa shape index (κ3) is 2.95. The molecule has 0 spiro atoms. The molecular weight excluding hydrogens is 378 g/mol. The Kier molecular flexibility index (Phi) is 4.37. The summed E-state index contributed by atoms with van der Waals surface area (Å²) in [6, 6.07) is 21.0. The van der Waals surface area contributed by atoms with Crippen LogP contribution in [0.1, 0.15) is 10.4 Å². The van der Waals surface area contributed by atoms with Gasteiger partial charge in [0, 0.05) is 22.5 Å². The summed E-state index contributed by atoms with van der Waals surface area (Å²) >= 11 is 0. The Morgan fingerprint density at radius 2 is 1.73 bits per heavy atom. The predicted octanol–water partition coefficient (Wildman–Crippen LogP) is 5.36. The van der Waals surface area contributed by atoms with Crippen LogP contribution in [0.15, 0.2) is 79.1 Å². The first-order valence-electron chi connectivity index (χ1n) is 9.41.